The maximum atomic E-state index is 14.7. The molecule has 15 heteroatoms. The van der Waals surface area contributed by atoms with Crippen LogP contribution in [0.4, 0.5) is 26.3 Å². The van der Waals surface area contributed by atoms with E-state index in [0.717, 1.165) is 73.3 Å². The summed E-state index contributed by atoms with van der Waals surface area (Å²) >= 11 is 2.93. The fourth-order valence-corrected chi connectivity index (χ4v) is 8.23. The van der Waals surface area contributed by atoms with Crippen molar-refractivity contribution in [1.29, 1.82) is 0 Å². The number of aromatic carboxylic acids is 1. The number of piperazine rings is 1. The first-order valence-corrected chi connectivity index (χ1v) is 20.0. The molecule has 0 amide bonds. The summed E-state index contributed by atoms with van der Waals surface area (Å²) in [4.78, 5) is 30.0. The van der Waals surface area contributed by atoms with Gasteiger partial charge in [0.25, 0.3) is 0 Å². The van der Waals surface area contributed by atoms with E-state index < -0.39 is 11.8 Å². The highest BCUT2D eigenvalue weighted by Crippen LogP contribution is 2.35. The predicted octanol–water partition coefficient (Wildman–Crippen LogP) is 6.23. The monoisotopic (exact) mass is 773 g/mol. The third-order valence-electron chi connectivity index (χ3n) is 9.09. The van der Waals surface area contributed by atoms with Crippen LogP contribution >= 0.6 is 22.7 Å². The molecule has 6 rings (SSSR count). The molecule has 1 atom stereocenters. The van der Waals surface area contributed by atoms with Gasteiger partial charge in [0.2, 0.25) is 0 Å². The summed E-state index contributed by atoms with van der Waals surface area (Å²) in [5.41, 5.74) is 2.56. The van der Waals surface area contributed by atoms with E-state index in [-0.39, 0.29) is 18.1 Å². The molecule has 1 fully saturated rings. The van der Waals surface area contributed by atoms with Crippen molar-refractivity contribution < 1.29 is 19.0 Å². The van der Waals surface area contributed by atoms with E-state index >= 15 is 0 Å². The number of hydrogen-bond acceptors (Lipinski definition) is 13. The molecule has 1 unspecified atom stereocenters. The van der Waals surface area contributed by atoms with Gasteiger partial charge in [-0.15, -0.1) is 21.5 Å². The molecule has 3 N–H and O–H groups in total. The van der Waals surface area contributed by atoms with E-state index in [2.05, 4.69) is 61.6 Å². The van der Waals surface area contributed by atoms with Crippen molar-refractivity contribution in [3.8, 4) is 17.6 Å². The molecular weight excluding hydrogens is 726 g/mol. The van der Waals surface area contributed by atoms with Crippen molar-refractivity contribution in [3.05, 3.63) is 68.4 Å². The summed E-state index contributed by atoms with van der Waals surface area (Å²) in [5, 5.41) is 27.4. The summed E-state index contributed by atoms with van der Waals surface area (Å²) in [5.74, 6) is 6.19. The molecule has 3 aromatic heterocycles. The van der Waals surface area contributed by atoms with Crippen LogP contribution in [0.15, 0.2) is 30.3 Å². The predicted molar refractivity (Wildman–Crippen MR) is 214 cm³/mol. The number of carboxylic acids is 1. The van der Waals surface area contributed by atoms with Gasteiger partial charge in [-0.1, -0.05) is 36.2 Å². The Morgan fingerprint density at radius 3 is 2.74 bits per heavy atom. The molecule has 4 aromatic rings. The van der Waals surface area contributed by atoms with Crippen LogP contribution in [0.2, 0.25) is 0 Å². The van der Waals surface area contributed by atoms with Gasteiger partial charge >= 0.3 is 5.97 Å². The fourth-order valence-electron chi connectivity index (χ4n) is 6.20. The quantitative estimate of drug-likeness (QED) is 0.0881. The molecule has 286 valence electrons. The topological polar surface area (TPSA) is 132 Å². The second kappa shape index (κ2) is 18.7. The van der Waals surface area contributed by atoms with Gasteiger partial charge in [-0.25, -0.2) is 19.2 Å². The number of benzene rings is 1. The molecule has 4 heterocycles. The van der Waals surface area contributed by atoms with E-state index in [9.17, 15) is 14.3 Å². The number of aryl methyl sites for hydroxylation is 2. The Morgan fingerprint density at radius 2 is 1.98 bits per heavy atom. The Labute approximate surface area is 324 Å². The molecule has 2 aliphatic rings. The standard InChI is InChI=1S/C39H48FN9O3S2/c1-26-11-14-32-30(23-26)42-38(53-32)44-36-27(2)24-34(45-46-36)49(19-6-5-18-48-20-15-41-16-21-48)39-43-35(37(50)51)33(54-39)10-8-22-52-31-13-12-28(25-29(31)40)9-7-17-47(3)4/h11-14,24-26,41H,5-6,8,10,15-23H2,1-4H3,(H,50,51)(H,42,44,46). The third kappa shape index (κ3) is 10.6. The van der Waals surface area contributed by atoms with Crippen molar-refractivity contribution in [2.75, 3.05) is 76.7 Å². The number of anilines is 4. The van der Waals surface area contributed by atoms with Crippen LogP contribution in [0.5, 0.6) is 5.75 Å². The molecule has 12 nitrogen and oxygen atoms in total. The molecule has 0 saturated carbocycles. The highest BCUT2D eigenvalue weighted by Gasteiger charge is 2.24. The summed E-state index contributed by atoms with van der Waals surface area (Å²) in [7, 11) is 3.84. The van der Waals surface area contributed by atoms with Gasteiger partial charge < -0.3 is 30.3 Å². The Kier molecular flexibility index (Phi) is 13.6. The number of carbonyl (C=O) groups is 1. The van der Waals surface area contributed by atoms with Gasteiger partial charge in [0.05, 0.1) is 23.7 Å². The first-order chi connectivity index (χ1) is 26.1. The number of ether oxygens (including phenoxy) is 1. The lowest BCUT2D eigenvalue weighted by atomic mass is 10.00. The Hall–Kier alpha value is -4.46. The zero-order valence-electron chi connectivity index (χ0n) is 31.3. The van der Waals surface area contributed by atoms with E-state index in [0.29, 0.717) is 59.1 Å². The van der Waals surface area contributed by atoms with Gasteiger partial charge in [-0.2, -0.15) is 0 Å². The van der Waals surface area contributed by atoms with Crippen LogP contribution in [0.3, 0.4) is 0 Å². The number of fused-ring (bicyclic) bond motifs is 1. The van der Waals surface area contributed by atoms with Gasteiger partial charge in [-0.05, 0) is 101 Å². The summed E-state index contributed by atoms with van der Waals surface area (Å²) in [6, 6.07) is 6.64. The van der Waals surface area contributed by atoms with Crippen LogP contribution in [0, 0.1) is 30.5 Å². The molecule has 1 saturated heterocycles. The van der Waals surface area contributed by atoms with Crippen molar-refractivity contribution >= 4 is 56.6 Å². The summed E-state index contributed by atoms with van der Waals surface area (Å²) < 4.78 is 20.5. The molecule has 0 bridgehead atoms. The van der Waals surface area contributed by atoms with E-state index in [1.54, 1.807) is 23.5 Å². The average molecular weight is 774 g/mol. The van der Waals surface area contributed by atoms with Crippen molar-refractivity contribution in [2.24, 2.45) is 5.92 Å². The van der Waals surface area contributed by atoms with Crippen LogP contribution in [-0.4, -0.2) is 108 Å². The van der Waals surface area contributed by atoms with Crippen LogP contribution in [0.25, 0.3) is 6.08 Å². The average Bonchev–Trinajstić information content (AvgIpc) is 3.76. The minimum absolute atomic E-state index is 0.00622. The van der Waals surface area contributed by atoms with Crippen molar-refractivity contribution in [2.45, 2.75) is 46.0 Å². The zero-order valence-corrected chi connectivity index (χ0v) is 33.0. The number of aromatic nitrogens is 4. The minimum Gasteiger partial charge on any atom is -0.491 e. The number of unbranched alkanes of at least 4 members (excludes halogenated alkanes) is 1. The molecule has 1 aliphatic heterocycles. The Morgan fingerprint density at radius 1 is 1.15 bits per heavy atom. The van der Waals surface area contributed by atoms with E-state index in [1.165, 1.54) is 17.4 Å². The number of nitrogens with zero attached hydrogens (tertiary/aromatic N) is 7. The number of allylic oxidation sites excluding steroid dienone is 1. The van der Waals surface area contributed by atoms with Gasteiger partial charge in [0, 0.05) is 43.2 Å². The minimum atomic E-state index is -1.10. The largest absolute Gasteiger partial charge is 0.491 e. The van der Waals surface area contributed by atoms with Crippen molar-refractivity contribution in [1.82, 2.24) is 35.3 Å². The second-order valence-electron chi connectivity index (χ2n) is 13.9. The Bertz CT molecular complexity index is 2000. The second-order valence-corrected chi connectivity index (χ2v) is 16.0. The number of halogens is 1. The highest BCUT2D eigenvalue weighted by molar-refractivity contribution is 7.16. The normalized spacial score (nSPS) is 15.5. The van der Waals surface area contributed by atoms with Crippen LogP contribution in [0.1, 0.15) is 63.2 Å². The summed E-state index contributed by atoms with van der Waals surface area (Å²) in [6.07, 6.45) is 7.98. The molecule has 1 aliphatic carbocycles. The molecule has 54 heavy (non-hydrogen) atoms. The molecule has 0 spiro atoms. The van der Waals surface area contributed by atoms with Gasteiger partial charge in [0.1, 0.15) is 0 Å². The van der Waals surface area contributed by atoms with E-state index in [4.69, 9.17) is 9.72 Å². The Balaban J connectivity index is 1.15. The molecular formula is C39H48FN9O3S2. The lowest BCUT2D eigenvalue weighted by molar-refractivity contribution is 0.0690. The molecule has 0 radical (unpaired) electrons. The number of nitrogens with one attached hydrogen (secondary N) is 2. The fraction of sp³-hybridized carbons (Fsp3) is 0.462. The number of thiazole rings is 2. The number of rotatable bonds is 16. The van der Waals surface area contributed by atoms with Crippen LogP contribution in [-0.2, 0) is 12.8 Å². The number of hydrogen-bond donors (Lipinski definition) is 3. The van der Waals surface area contributed by atoms with Crippen molar-refractivity contribution in [3.63, 3.8) is 0 Å². The SMILES string of the molecule is Cc1cc(N(CCCCN2CCNCC2)c2nc(C(=O)O)c(CCCOc3ccc(C#CCN(C)C)cc3F)s2)nnc1Nc1nc2c(s1)C=CC(C)C2. The van der Waals surface area contributed by atoms with Crippen LogP contribution < -0.4 is 20.3 Å². The van der Waals surface area contributed by atoms with Gasteiger partial charge in [0.15, 0.2) is 39.2 Å². The van der Waals surface area contributed by atoms with E-state index in [1.807, 2.05) is 36.9 Å². The third-order valence-corrected chi connectivity index (χ3v) is 11.2. The number of carboxylic acid groups (broad SMARTS) is 1. The maximum Gasteiger partial charge on any atom is 0.355 e. The lowest BCUT2D eigenvalue weighted by Gasteiger charge is -2.27. The smallest absolute Gasteiger partial charge is 0.355 e. The first-order valence-electron chi connectivity index (χ1n) is 18.4. The summed E-state index contributed by atoms with van der Waals surface area (Å²) in [6.45, 7) is 10.6. The van der Waals surface area contributed by atoms with Gasteiger partial charge in [-0.3, -0.25) is 4.90 Å². The maximum absolute atomic E-state index is 14.7. The first kappa shape index (κ1) is 39.2. The zero-order chi connectivity index (χ0) is 38.0. The lowest BCUT2D eigenvalue weighted by Crippen LogP contribution is -2.43. The highest BCUT2D eigenvalue weighted by atomic mass is 32.1. The molecule has 1 aromatic carbocycles.